The minimum Gasteiger partial charge on any atom is -0.383 e. The van der Waals surface area contributed by atoms with E-state index in [1.165, 1.54) is 18.3 Å². The van der Waals surface area contributed by atoms with Crippen LogP contribution in [-0.4, -0.2) is 27.4 Å². The lowest BCUT2D eigenvalue weighted by Gasteiger charge is -2.14. The van der Waals surface area contributed by atoms with Crippen molar-refractivity contribution in [3.05, 3.63) is 78.0 Å². The first-order valence-corrected chi connectivity index (χ1v) is 12.7. The van der Waals surface area contributed by atoms with E-state index in [2.05, 4.69) is 28.3 Å². The van der Waals surface area contributed by atoms with Crippen LogP contribution in [0.25, 0.3) is 33.3 Å². The Morgan fingerprint density at radius 3 is 2.45 bits per heavy atom. The van der Waals surface area contributed by atoms with Gasteiger partial charge < -0.3 is 20.9 Å². The number of benzene rings is 2. The number of nitrogens with one attached hydrogen (secondary N) is 2. The van der Waals surface area contributed by atoms with Gasteiger partial charge in [-0.1, -0.05) is 37.6 Å². The number of nitriles is 1. The minimum atomic E-state index is -1.12. The molecule has 4 aromatic rings. The van der Waals surface area contributed by atoms with Crippen molar-refractivity contribution in [1.29, 1.82) is 5.26 Å². The highest BCUT2D eigenvalue weighted by atomic mass is 19.1. The van der Waals surface area contributed by atoms with Crippen LogP contribution in [0.15, 0.2) is 61.1 Å². The molecule has 0 unspecified atom stereocenters. The SMILES string of the molecule is C=C(F)C(=O)Nc1ccc(-c2c(-c3ccc(C(=O)NC4CCCC4)c(F)c3)c3c(N)ncc(C#N)c3n2C)cc1. The number of pyridine rings is 1. The molecule has 0 atom stereocenters. The third kappa shape index (κ3) is 4.78. The van der Waals surface area contributed by atoms with Gasteiger partial charge in [-0.2, -0.15) is 5.26 Å². The number of halogens is 2. The molecule has 1 aliphatic rings. The second-order valence-electron chi connectivity index (χ2n) is 9.76. The van der Waals surface area contributed by atoms with E-state index in [1.807, 2.05) is 0 Å². The number of nitrogens with zero attached hydrogens (tertiary/aromatic N) is 3. The molecular weight excluding hydrogens is 514 g/mol. The molecule has 4 N–H and O–H groups in total. The lowest BCUT2D eigenvalue weighted by molar-refractivity contribution is -0.114. The summed E-state index contributed by atoms with van der Waals surface area (Å²) in [6.45, 7) is 2.99. The van der Waals surface area contributed by atoms with Crippen molar-refractivity contribution in [2.75, 3.05) is 11.1 Å². The molecule has 1 saturated carbocycles. The number of hydrogen-bond donors (Lipinski definition) is 3. The van der Waals surface area contributed by atoms with E-state index in [9.17, 15) is 19.2 Å². The highest BCUT2D eigenvalue weighted by molar-refractivity contribution is 6.11. The van der Waals surface area contributed by atoms with Crippen molar-refractivity contribution in [1.82, 2.24) is 14.9 Å². The number of nitrogen functional groups attached to an aromatic ring is 1. The molecule has 8 nitrogen and oxygen atoms in total. The highest BCUT2D eigenvalue weighted by Crippen LogP contribution is 2.43. The van der Waals surface area contributed by atoms with Crippen LogP contribution in [0.5, 0.6) is 0 Å². The van der Waals surface area contributed by atoms with Crippen LogP contribution < -0.4 is 16.4 Å². The van der Waals surface area contributed by atoms with Crippen molar-refractivity contribution in [2.45, 2.75) is 31.7 Å². The number of carbonyl (C=O) groups is 2. The number of aryl methyl sites for hydroxylation is 1. The Morgan fingerprint density at radius 1 is 1.15 bits per heavy atom. The number of rotatable bonds is 6. The number of aromatic nitrogens is 2. The summed E-state index contributed by atoms with van der Waals surface area (Å²) in [5.74, 6) is -3.07. The van der Waals surface area contributed by atoms with E-state index >= 15 is 4.39 Å². The summed E-state index contributed by atoms with van der Waals surface area (Å²) in [6.07, 6.45) is 5.21. The Balaban J connectivity index is 1.64. The monoisotopic (exact) mass is 540 g/mol. The van der Waals surface area contributed by atoms with Crippen LogP contribution in [-0.2, 0) is 11.8 Å². The molecule has 1 aliphatic carbocycles. The van der Waals surface area contributed by atoms with Crippen LogP contribution in [0.1, 0.15) is 41.6 Å². The molecule has 0 saturated heterocycles. The van der Waals surface area contributed by atoms with Gasteiger partial charge in [-0.05, 0) is 48.2 Å². The molecule has 2 amide bonds. The lowest BCUT2D eigenvalue weighted by atomic mass is 9.96. The molecule has 0 radical (unpaired) electrons. The van der Waals surface area contributed by atoms with Crippen LogP contribution in [0.4, 0.5) is 20.3 Å². The van der Waals surface area contributed by atoms with E-state index in [4.69, 9.17) is 5.73 Å². The second-order valence-corrected chi connectivity index (χ2v) is 9.76. The van der Waals surface area contributed by atoms with Gasteiger partial charge in [-0.25, -0.2) is 13.8 Å². The molecule has 5 rings (SSSR count). The van der Waals surface area contributed by atoms with Crippen molar-refractivity contribution < 1.29 is 18.4 Å². The van der Waals surface area contributed by atoms with E-state index in [0.717, 1.165) is 25.7 Å². The molecule has 1 fully saturated rings. The highest BCUT2D eigenvalue weighted by Gasteiger charge is 2.25. The maximum atomic E-state index is 15.4. The fourth-order valence-corrected chi connectivity index (χ4v) is 5.31. The summed E-state index contributed by atoms with van der Waals surface area (Å²) in [6, 6.07) is 13.1. The van der Waals surface area contributed by atoms with E-state index in [1.54, 1.807) is 41.9 Å². The number of hydrogen-bond acceptors (Lipinski definition) is 5. The molecule has 0 aliphatic heterocycles. The zero-order chi connectivity index (χ0) is 28.6. The number of fused-ring (bicyclic) bond motifs is 1. The third-order valence-electron chi connectivity index (χ3n) is 7.21. The summed E-state index contributed by atoms with van der Waals surface area (Å²) in [7, 11) is 1.75. The average Bonchev–Trinajstić information content (AvgIpc) is 3.55. The summed E-state index contributed by atoms with van der Waals surface area (Å²) in [5, 5.41) is 15.6. The number of nitrogens with two attached hydrogens (primary N) is 1. The largest absolute Gasteiger partial charge is 0.383 e. The van der Waals surface area contributed by atoms with E-state index in [-0.39, 0.29) is 23.0 Å². The normalized spacial score (nSPS) is 13.2. The average molecular weight is 541 g/mol. The fraction of sp³-hybridized carbons (Fsp3) is 0.200. The summed E-state index contributed by atoms with van der Waals surface area (Å²) >= 11 is 0. The van der Waals surface area contributed by atoms with Gasteiger partial charge in [-0.3, -0.25) is 9.59 Å². The lowest BCUT2D eigenvalue weighted by Crippen LogP contribution is -2.33. The van der Waals surface area contributed by atoms with Crippen molar-refractivity contribution >= 4 is 34.2 Å². The van der Waals surface area contributed by atoms with Crippen molar-refractivity contribution in [3.8, 4) is 28.5 Å². The quantitative estimate of drug-likeness (QED) is 0.275. The second kappa shape index (κ2) is 10.6. The zero-order valence-corrected chi connectivity index (χ0v) is 21.7. The standard InChI is InChI=1S/C30H26F2N6O2/c1-16(31)29(39)36-21-10-7-17(8-11-21)26-24(25-27(38(26)2)19(14-33)15-35-28(25)34)18-9-12-22(23(32)13-18)30(40)37-20-5-3-4-6-20/h7-13,15,20H,1,3-6H2,2H3,(H2,34,35)(H,36,39)(H,37,40). The minimum absolute atomic E-state index is 0.0437. The molecule has 2 heterocycles. The van der Waals surface area contributed by atoms with Crippen molar-refractivity contribution in [2.24, 2.45) is 7.05 Å². The van der Waals surface area contributed by atoms with E-state index < -0.39 is 23.5 Å². The Morgan fingerprint density at radius 2 is 1.82 bits per heavy atom. The summed E-state index contributed by atoms with van der Waals surface area (Å²) in [5.41, 5.74) is 9.59. The first-order valence-electron chi connectivity index (χ1n) is 12.7. The van der Waals surface area contributed by atoms with Crippen LogP contribution in [0.2, 0.25) is 0 Å². The molecule has 10 heteroatoms. The van der Waals surface area contributed by atoms with Crippen molar-refractivity contribution in [3.63, 3.8) is 0 Å². The van der Waals surface area contributed by atoms with E-state index in [0.29, 0.717) is 39.0 Å². The predicted molar refractivity (Wildman–Crippen MR) is 149 cm³/mol. The van der Waals surface area contributed by atoms with Gasteiger partial charge in [0.25, 0.3) is 11.8 Å². The Kier molecular flexibility index (Phi) is 7.05. The Bertz CT molecular complexity index is 1710. The van der Waals surface area contributed by atoms with Gasteiger partial charge in [0.1, 0.15) is 17.7 Å². The van der Waals surface area contributed by atoms with Gasteiger partial charge in [0.2, 0.25) is 0 Å². The topological polar surface area (TPSA) is 126 Å². The molecule has 2 aromatic heterocycles. The van der Waals surface area contributed by atoms with Gasteiger partial charge in [0, 0.05) is 30.5 Å². The van der Waals surface area contributed by atoms with Crippen LogP contribution >= 0.6 is 0 Å². The van der Waals surface area contributed by atoms with Gasteiger partial charge >= 0.3 is 0 Å². The number of amides is 2. The van der Waals surface area contributed by atoms with Gasteiger partial charge in [0.15, 0.2) is 5.83 Å². The molecule has 0 bridgehead atoms. The maximum absolute atomic E-state index is 15.4. The third-order valence-corrected chi connectivity index (χ3v) is 7.21. The molecule has 202 valence electrons. The summed E-state index contributed by atoms with van der Waals surface area (Å²) < 4.78 is 30.4. The smallest absolute Gasteiger partial charge is 0.283 e. The molecule has 40 heavy (non-hydrogen) atoms. The molecule has 0 spiro atoms. The number of anilines is 2. The molecular formula is C30H26F2N6O2. The van der Waals surface area contributed by atoms with Crippen LogP contribution in [0.3, 0.4) is 0 Å². The summed E-state index contributed by atoms with van der Waals surface area (Å²) in [4.78, 5) is 28.7. The zero-order valence-electron chi connectivity index (χ0n) is 21.7. The first-order chi connectivity index (χ1) is 19.2. The fourth-order valence-electron chi connectivity index (χ4n) is 5.31. The Hall–Kier alpha value is -5.04. The van der Waals surface area contributed by atoms with Gasteiger partial charge in [0.05, 0.1) is 27.7 Å². The number of carbonyl (C=O) groups excluding carboxylic acids is 2. The molecule has 2 aromatic carbocycles. The maximum Gasteiger partial charge on any atom is 0.283 e. The Labute approximate surface area is 229 Å². The van der Waals surface area contributed by atoms with Gasteiger partial charge in [-0.15, -0.1) is 0 Å². The predicted octanol–water partition coefficient (Wildman–Crippen LogP) is 5.59. The van der Waals surface area contributed by atoms with Crippen LogP contribution in [0, 0.1) is 17.1 Å². The first kappa shape index (κ1) is 26.6.